The number of aryl methyl sites for hydroxylation is 1. The molecule has 0 aliphatic heterocycles. The highest BCUT2D eigenvalue weighted by atomic mass is 79.9. The van der Waals surface area contributed by atoms with Crippen molar-refractivity contribution in [3.05, 3.63) is 34.0 Å². The number of fused-ring (bicyclic) bond motifs is 1. The van der Waals surface area contributed by atoms with Crippen molar-refractivity contribution < 1.29 is 4.42 Å². The van der Waals surface area contributed by atoms with Crippen molar-refractivity contribution >= 4 is 26.9 Å². The van der Waals surface area contributed by atoms with Crippen LogP contribution in [-0.2, 0) is 0 Å². The molecule has 0 saturated heterocycles. The largest absolute Gasteiger partial charge is 0.458 e. The molecule has 0 fully saturated rings. The molecule has 92 valence electrons. The molecule has 0 amide bonds. The summed E-state index contributed by atoms with van der Waals surface area (Å²) in [4.78, 5) is 0. The lowest BCUT2D eigenvalue weighted by atomic mass is 10.1. The van der Waals surface area contributed by atoms with Gasteiger partial charge < -0.3 is 9.73 Å². The van der Waals surface area contributed by atoms with Crippen molar-refractivity contribution in [1.82, 2.24) is 5.32 Å². The van der Waals surface area contributed by atoms with Crippen LogP contribution in [0.1, 0.15) is 37.6 Å². The molecule has 1 heterocycles. The zero-order valence-electron chi connectivity index (χ0n) is 10.5. The zero-order valence-corrected chi connectivity index (χ0v) is 12.1. The van der Waals surface area contributed by atoms with Gasteiger partial charge in [0.05, 0.1) is 10.5 Å². The van der Waals surface area contributed by atoms with Gasteiger partial charge in [0.2, 0.25) is 0 Å². The van der Waals surface area contributed by atoms with Crippen LogP contribution in [-0.4, -0.2) is 6.54 Å². The van der Waals surface area contributed by atoms with E-state index in [0.29, 0.717) is 6.04 Å². The normalized spacial score (nSPS) is 13.2. The van der Waals surface area contributed by atoms with Gasteiger partial charge in [0.25, 0.3) is 0 Å². The van der Waals surface area contributed by atoms with Gasteiger partial charge in [-0.1, -0.05) is 13.8 Å². The van der Waals surface area contributed by atoms with E-state index < -0.39 is 0 Å². The van der Waals surface area contributed by atoms with Gasteiger partial charge in [-0.05, 0) is 59.6 Å². The fourth-order valence-corrected chi connectivity index (χ4v) is 2.81. The number of furan rings is 1. The Balaban J connectivity index is 2.46. The minimum absolute atomic E-state index is 0.305. The molecule has 1 N–H and O–H groups in total. The van der Waals surface area contributed by atoms with Gasteiger partial charge >= 0.3 is 0 Å². The Labute approximate surface area is 111 Å². The number of benzene rings is 1. The van der Waals surface area contributed by atoms with E-state index in [1.54, 1.807) is 0 Å². The summed E-state index contributed by atoms with van der Waals surface area (Å²) in [6, 6.07) is 6.69. The summed E-state index contributed by atoms with van der Waals surface area (Å²) >= 11 is 3.56. The number of rotatable bonds is 4. The number of hydrogen-bond acceptors (Lipinski definition) is 2. The minimum atomic E-state index is 0.305. The Hall–Kier alpha value is -0.800. The summed E-state index contributed by atoms with van der Waals surface area (Å²) < 4.78 is 6.98. The molecule has 2 nitrogen and oxygen atoms in total. The summed E-state index contributed by atoms with van der Waals surface area (Å²) in [7, 11) is 0. The monoisotopic (exact) mass is 295 g/mol. The average Bonchev–Trinajstić information content (AvgIpc) is 2.69. The summed E-state index contributed by atoms with van der Waals surface area (Å²) in [5.41, 5.74) is 2.19. The maximum Gasteiger partial charge on any atom is 0.148 e. The summed E-state index contributed by atoms with van der Waals surface area (Å²) in [5, 5.41) is 4.60. The molecular formula is C14H18BrNO. The second-order valence-electron chi connectivity index (χ2n) is 4.33. The van der Waals surface area contributed by atoms with Crippen LogP contribution in [0.5, 0.6) is 0 Å². The smallest absolute Gasteiger partial charge is 0.148 e. The molecular weight excluding hydrogens is 278 g/mol. The van der Waals surface area contributed by atoms with Gasteiger partial charge in [0.1, 0.15) is 11.3 Å². The molecule has 1 unspecified atom stereocenters. The van der Waals surface area contributed by atoms with Crippen LogP contribution in [0, 0.1) is 6.92 Å². The van der Waals surface area contributed by atoms with E-state index in [9.17, 15) is 0 Å². The summed E-state index contributed by atoms with van der Waals surface area (Å²) in [6.07, 6.45) is 1.03. The molecule has 1 aromatic heterocycles. The fourth-order valence-electron chi connectivity index (χ4n) is 2.14. The lowest BCUT2D eigenvalue weighted by Crippen LogP contribution is -2.19. The van der Waals surface area contributed by atoms with Crippen molar-refractivity contribution in [2.24, 2.45) is 0 Å². The minimum Gasteiger partial charge on any atom is -0.458 e. The van der Waals surface area contributed by atoms with Gasteiger partial charge in [-0.25, -0.2) is 0 Å². The molecule has 1 aromatic carbocycles. The number of halogens is 1. The summed E-state index contributed by atoms with van der Waals surface area (Å²) in [5.74, 6) is 1.02. The first-order chi connectivity index (χ1) is 8.15. The predicted molar refractivity (Wildman–Crippen MR) is 75.4 cm³/mol. The van der Waals surface area contributed by atoms with Crippen molar-refractivity contribution in [3.63, 3.8) is 0 Å². The first-order valence-corrected chi connectivity index (χ1v) is 6.88. The second-order valence-corrected chi connectivity index (χ2v) is 5.19. The average molecular weight is 296 g/mol. The van der Waals surface area contributed by atoms with Gasteiger partial charge in [-0.2, -0.15) is 0 Å². The molecule has 2 rings (SSSR count). The molecule has 0 radical (unpaired) electrons. The quantitative estimate of drug-likeness (QED) is 0.894. The van der Waals surface area contributed by atoms with E-state index in [0.717, 1.165) is 28.8 Å². The molecule has 0 spiro atoms. The van der Waals surface area contributed by atoms with Crippen LogP contribution in [0.25, 0.3) is 11.0 Å². The van der Waals surface area contributed by atoms with Crippen LogP contribution in [0.2, 0.25) is 0 Å². The van der Waals surface area contributed by atoms with Crippen LogP contribution in [0.15, 0.2) is 27.1 Å². The zero-order chi connectivity index (χ0) is 12.4. The third kappa shape index (κ3) is 2.55. The predicted octanol–water partition coefficient (Wildman–Crippen LogP) is 4.56. The lowest BCUT2D eigenvalue weighted by Gasteiger charge is -2.12. The Kier molecular flexibility index (Phi) is 3.89. The molecule has 0 saturated carbocycles. The van der Waals surface area contributed by atoms with Crippen LogP contribution in [0.4, 0.5) is 0 Å². The van der Waals surface area contributed by atoms with E-state index in [1.807, 2.05) is 0 Å². The first kappa shape index (κ1) is 12.7. The highest BCUT2D eigenvalue weighted by molar-refractivity contribution is 9.10. The molecule has 2 aromatic rings. The highest BCUT2D eigenvalue weighted by Crippen LogP contribution is 2.31. The Morgan fingerprint density at radius 2 is 2.06 bits per heavy atom. The first-order valence-electron chi connectivity index (χ1n) is 6.08. The van der Waals surface area contributed by atoms with Crippen molar-refractivity contribution in [1.29, 1.82) is 0 Å². The third-order valence-corrected chi connectivity index (χ3v) is 3.53. The van der Waals surface area contributed by atoms with Gasteiger partial charge in [-0.15, -0.1) is 0 Å². The topological polar surface area (TPSA) is 25.2 Å². The molecule has 0 aliphatic carbocycles. The van der Waals surface area contributed by atoms with Gasteiger partial charge in [0.15, 0.2) is 0 Å². The Bertz CT molecular complexity index is 518. The molecule has 3 heteroatoms. The third-order valence-electron chi connectivity index (χ3n) is 2.94. The fraction of sp³-hybridized carbons (Fsp3) is 0.429. The van der Waals surface area contributed by atoms with Gasteiger partial charge in [-0.3, -0.25) is 0 Å². The van der Waals surface area contributed by atoms with Crippen LogP contribution in [0.3, 0.4) is 0 Å². The second kappa shape index (κ2) is 5.23. The van der Waals surface area contributed by atoms with Crippen molar-refractivity contribution in [2.75, 3.05) is 6.54 Å². The van der Waals surface area contributed by atoms with Crippen molar-refractivity contribution in [2.45, 2.75) is 33.2 Å². The molecule has 0 aliphatic rings. The van der Waals surface area contributed by atoms with E-state index in [2.05, 4.69) is 60.2 Å². The SMILES string of the molecule is CCNC(CC)c1cc2cc(C)cc(Br)c2o1. The van der Waals surface area contributed by atoms with E-state index in [1.165, 1.54) is 10.9 Å². The van der Waals surface area contributed by atoms with Crippen LogP contribution < -0.4 is 5.32 Å². The number of hydrogen-bond donors (Lipinski definition) is 1. The maximum atomic E-state index is 5.95. The van der Waals surface area contributed by atoms with E-state index >= 15 is 0 Å². The molecule has 0 bridgehead atoms. The number of nitrogens with one attached hydrogen (secondary N) is 1. The van der Waals surface area contributed by atoms with E-state index in [-0.39, 0.29) is 0 Å². The van der Waals surface area contributed by atoms with Crippen molar-refractivity contribution in [3.8, 4) is 0 Å². The van der Waals surface area contributed by atoms with E-state index in [4.69, 9.17) is 4.42 Å². The Morgan fingerprint density at radius 3 is 2.71 bits per heavy atom. The maximum absolute atomic E-state index is 5.95. The molecule has 1 atom stereocenters. The molecule has 17 heavy (non-hydrogen) atoms. The van der Waals surface area contributed by atoms with Crippen LogP contribution >= 0.6 is 15.9 Å². The Morgan fingerprint density at radius 1 is 1.29 bits per heavy atom. The highest BCUT2D eigenvalue weighted by Gasteiger charge is 2.14. The standard InChI is InChI=1S/C14H18BrNO/c1-4-12(16-5-2)13-8-10-6-9(3)7-11(15)14(10)17-13/h6-8,12,16H,4-5H2,1-3H3. The van der Waals surface area contributed by atoms with Gasteiger partial charge in [0, 0.05) is 5.39 Å². The summed E-state index contributed by atoms with van der Waals surface area (Å²) in [6.45, 7) is 7.33. The lowest BCUT2D eigenvalue weighted by molar-refractivity contribution is 0.428.